The van der Waals surface area contributed by atoms with E-state index >= 15 is 0 Å². The molecule has 0 aromatic heterocycles. The number of carbonyl (C=O) groups excluding carboxylic acids is 2. The highest BCUT2D eigenvalue weighted by molar-refractivity contribution is 5.79. The topological polar surface area (TPSA) is 104 Å². The van der Waals surface area contributed by atoms with E-state index in [-0.39, 0.29) is 6.09 Å². The third-order valence-corrected chi connectivity index (χ3v) is 4.11. The second kappa shape index (κ2) is 11.9. The molecule has 1 unspecified atom stereocenters. The van der Waals surface area contributed by atoms with Crippen LogP contribution in [0.15, 0.2) is 4.99 Å². The van der Waals surface area contributed by atoms with Crippen molar-refractivity contribution in [1.29, 1.82) is 0 Å². The predicted molar refractivity (Wildman–Crippen MR) is 119 cm³/mol. The average molecular weight is 428 g/mol. The van der Waals surface area contributed by atoms with Gasteiger partial charge in [-0.1, -0.05) is 0 Å². The molecule has 9 nitrogen and oxygen atoms in total. The Morgan fingerprint density at radius 2 is 1.63 bits per heavy atom. The number of hydrogen-bond acceptors (Lipinski definition) is 5. The largest absolute Gasteiger partial charge is 0.444 e. The number of guanidine groups is 1. The maximum absolute atomic E-state index is 12.3. The van der Waals surface area contributed by atoms with Gasteiger partial charge < -0.3 is 30.3 Å². The number of amides is 2. The van der Waals surface area contributed by atoms with Crippen molar-refractivity contribution in [3.8, 4) is 0 Å². The molecule has 0 saturated carbocycles. The van der Waals surface area contributed by atoms with Crippen LogP contribution >= 0.6 is 0 Å². The maximum Gasteiger partial charge on any atom is 0.410 e. The van der Waals surface area contributed by atoms with Crippen molar-refractivity contribution in [2.45, 2.75) is 72.5 Å². The molecule has 9 heteroatoms. The number of ether oxygens (including phenoxy) is 2. The van der Waals surface area contributed by atoms with E-state index in [0.717, 1.165) is 25.9 Å². The fourth-order valence-electron chi connectivity index (χ4n) is 2.93. The molecule has 0 aliphatic carbocycles. The van der Waals surface area contributed by atoms with Crippen LogP contribution in [0.5, 0.6) is 0 Å². The van der Waals surface area contributed by atoms with Gasteiger partial charge in [-0.15, -0.1) is 0 Å². The van der Waals surface area contributed by atoms with Gasteiger partial charge in [-0.05, 0) is 67.2 Å². The van der Waals surface area contributed by atoms with Crippen LogP contribution in [-0.2, 0) is 9.47 Å². The molecular weight excluding hydrogens is 386 g/mol. The Kier molecular flexibility index (Phi) is 10.2. The molecule has 1 saturated heterocycles. The Morgan fingerprint density at radius 1 is 1.00 bits per heavy atom. The second-order valence-electron chi connectivity index (χ2n) is 9.51. The highest BCUT2D eigenvalue weighted by atomic mass is 16.6. The van der Waals surface area contributed by atoms with Gasteiger partial charge in [0.1, 0.15) is 11.2 Å². The molecule has 1 heterocycles. The molecular formula is C21H41N5O4. The summed E-state index contributed by atoms with van der Waals surface area (Å²) in [7, 11) is 0. The Labute approximate surface area is 181 Å². The molecule has 0 aromatic carbocycles. The van der Waals surface area contributed by atoms with Gasteiger partial charge in [-0.2, -0.15) is 0 Å². The summed E-state index contributed by atoms with van der Waals surface area (Å²) in [4.78, 5) is 30.4. The van der Waals surface area contributed by atoms with Crippen LogP contribution in [-0.4, -0.2) is 73.5 Å². The Morgan fingerprint density at radius 3 is 2.23 bits per heavy atom. The lowest BCUT2D eigenvalue weighted by Crippen LogP contribution is -2.44. The Bertz CT molecular complexity index is 581. The first-order chi connectivity index (χ1) is 13.9. The van der Waals surface area contributed by atoms with Crippen LogP contribution in [0.2, 0.25) is 0 Å². The Hall–Kier alpha value is -2.19. The van der Waals surface area contributed by atoms with Gasteiger partial charge in [0.25, 0.3) is 0 Å². The molecule has 1 rings (SSSR count). The summed E-state index contributed by atoms with van der Waals surface area (Å²) >= 11 is 0. The Balaban J connectivity index is 2.45. The summed E-state index contributed by atoms with van der Waals surface area (Å²) in [6.07, 6.45) is 1.29. The lowest BCUT2D eigenvalue weighted by atomic mass is 9.98. The third-order valence-electron chi connectivity index (χ3n) is 4.11. The van der Waals surface area contributed by atoms with E-state index < -0.39 is 17.3 Å². The zero-order valence-electron chi connectivity index (χ0n) is 19.8. The summed E-state index contributed by atoms with van der Waals surface area (Å²) in [5, 5.41) is 9.12. The minimum Gasteiger partial charge on any atom is -0.444 e. The highest BCUT2D eigenvalue weighted by Crippen LogP contribution is 2.19. The number of nitrogens with zero attached hydrogens (tertiary/aromatic N) is 2. The highest BCUT2D eigenvalue weighted by Gasteiger charge is 2.27. The quantitative estimate of drug-likeness (QED) is 0.342. The van der Waals surface area contributed by atoms with Crippen molar-refractivity contribution < 1.29 is 19.1 Å². The van der Waals surface area contributed by atoms with E-state index in [0.29, 0.717) is 38.1 Å². The van der Waals surface area contributed by atoms with Gasteiger partial charge in [0.2, 0.25) is 0 Å². The average Bonchev–Trinajstić information content (AvgIpc) is 2.60. The van der Waals surface area contributed by atoms with Crippen molar-refractivity contribution in [2.75, 3.05) is 39.3 Å². The maximum atomic E-state index is 12.3. The zero-order valence-corrected chi connectivity index (χ0v) is 19.8. The number of hydrogen-bond donors (Lipinski definition) is 3. The number of likely N-dealkylation sites (tertiary alicyclic amines) is 1. The van der Waals surface area contributed by atoms with E-state index in [1.807, 2.05) is 48.5 Å². The predicted octanol–water partition coefficient (Wildman–Crippen LogP) is 2.71. The first-order valence-electron chi connectivity index (χ1n) is 10.9. The van der Waals surface area contributed by atoms with E-state index in [4.69, 9.17) is 9.47 Å². The molecule has 1 aliphatic heterocycles. The van der Waals surface area contributed by atoms with Crippen LogP contribution in [0.3, 0.4) is 0 Å². The van der Waals surface area contributed by atoms with Crippen molar-refractivity contribution in [3.63, 3.8) is 0 Å². The first kappa shape index (κ1) is 25.8. The lowest BCUT2D eigenvalue weighted by molar-refractivity contribution is 0.0170. The molecule has 1 aliphatic rings. The molecule has 2 amide bonds. The van der Waals surface area contributed by atoms with E-state index in [2.05, 4.69) is 20.9 Å². The van der Waals surface area contributed by atoms with E-state index in [1.54, 1.807) is 4.90 Å². The monoisotopic (exact) mass is 427 g/mol. The van der Waals surface area contributed by atoms with Gasteiger partial charge in [-0.25, -0.2) is 9.59 Å². The van der Waals surface area contributed by atoms with Crippen molar-refractivity contribution in [3.05, 3.63) is 0 Å². The normalized spacial score (nSPS) is 17.9. The summed E-state index contributed by atoms with van der Waals surface area (Å²) in [5.74, 6) is 0.986. The minimum atomic E-state index is -0.513. The number of piperidine rings is 1. The van der Waals surface area contributed by atoms with Crippen molar-refractivity contribution >= 4 is 18.1 Å². The van der Waals surface area contributed by atoms with Crippen molar-refractivity contribution in [2.24, 2.45) is 10.9 Å². The summed E-state index contributed by atoms with van der Waals surface area (Å²) < 4.78 is 10.7. The van der Waals surface area contributed by atoms with Gasteiger partial charge in [0, 0.05) is 39.3 Å². The van der Waals surface area contributed by atoms with Gasteiger partial charge in [0.15, 0.2) is 5.96 Å². The molecule has 1 fully saturated rings. The third kappa shape index (κ3) is 11.7. The molecule has 0 bridgehead atoms. The molecule has 3 N–H and O–H groups in total. The van der Waals surface area contributed by atoms with Gasteiger partial charge >= 0.3 is 12.2 Å². The van der Waals surface area contributed by atoms with Crippen LogP contribution in [0.4, 0.5) is 9.59 Å². The second-order valence-corrected chi connectivity index (χ2v) is 9.51. The summed E-state index contributed by atoms with van der Waals surface area (Å²) in [5.41, 5.74) is -1.00. The van der Waals surface area contributed by atoms with Crippen LogP contribution < -0.4 is 16.0 Å². The number of rotatable bonds is 6. The van der Waals surface area contributed by atoms with Crippen molar-refractivity contribution in [1.82, 2.24) is 20.9 Å². The molecule has 0 radical (unpaired) electrons. The number of nitrogens with one attached hydrogen (secondary N) is 3. The standard InChI is InChI=1S/C21H41N5O4/c1-8-22-17(23-11-12-24-18(27)29-20(2,3)4)25-14-16-10-9-13-26(15-16)19(28)30-21(5,6)7/h16H,8-15H2,1-7H3,(H,24,27)(H2,22,23,25). The fraction of sp³-hybridized carbons (Fsp3) is 0.857. The minimum absolute atomic E-state index is 0.255. The molecule has 174 valence electrons. The number of alkyl carbamates (subject to hydrolysis) is 1. The van der Waals surface area contributed by atoms with Crippen LogP contribution in [0.1, 0.15) is 61.3 Å². The lowest BCUT2D eigenvalue weighted by Gasteiger charge is -2.33. The summed E-state index contributed by atoms with van der Waals surface area (Å²) in [6.45, 7) is 16.8. The molecule has 30 heavy (non-hydrogen) atoms. The first-order valence-corrected chi connectivity index (χ1v) is 10.9. The fourth-order valence-corrected chi connectivity index (χ4v) is 2.93. The number of aliphatic imine (C=N–C) groups is 1. The number of carbonyl (C=O) groups is 2. The van der Waals surface area contributed by atoms with Gasteiger partial charge in [-0.3, -0.25) is 4.99 Å². The van der Waals surface area contributed by atoms with Crippen LogP contribution in [0, 0.1) is 5.92 Å². The van der Waals surface area contributed by atoms with Crippen LogP contribution in [0.25, 0.3) is 0 Å². The molecule has 0 spiro atoms. The molecule has 1 atom stereocenters. The van der Waals surface area contributed by atoms with E-state index in [1.165, 1.54) is 0 Å². The summed E-state index contributed by atoms with van der Waals surface area (Å²) in [6, 6.07) is 0. The van der Waals surface area contributed by atoms with Gasteiger partial charge in [0.05, 0.1) is 0 Å². The molecule has 0 aromatic rings. The SMILES string of the molecule is CCNC(=NCC1CCCN(C(=O)OC(C)(C)C)C1)NCCNC(=O)OC(C)(C)C. The zero-order chi connectivity index (χ0) is 22.8. The smallest absolute Gasteiger partial charge is 0.410 e. The van der Waals surface area contributed by atoms with E-state index in [9.17, 15) is 9.59 Å².